The van der Waals surface area contributed by atoms with Crippen LogP contribution in [0.2, 0.25) is 0 Å². The van der Waals surface area contributed by atoms with Crippen LogP contribution in [-0.4, -0.2) is 18.6 Å². The second-order valence-corrected chi connectivity index (χ2v) is 5.28. The van der Waals surface area contributed by atoms with Crippen molar-refractivity contribution in [3.05, 3.63) is 23.8 Å². The zero-order valence-corrected chi connectivity index (χ0v) is 11.6. The average Bonchev–Trinajstić information content (AvgIpc) is 2.78. The average molecular weight is 262 g/mol. The van der Waals surface area contributed by atoms with Crippen LogP contribution in [-0.2, 0) is 4.74 Å². The summed E-state index contributed by atoms with van der Waals surface area (Å²) >= 11 is 0. The van der Waals surface area contributed by atoms with Gasteiger partial charge in [-0.25, -0.2) is 4.79 Å². The number of carbonyl (C=O) groups is 1. The lowest BCUT2D eigenvalue weighted by Crippen LogP contribution is -2.16. The number of ether oxygens (including phenoxy) is 1. The Hall–Kier alpha value is -1.71. The fourth-order valence-electron chi connectivity index (χ4n) is 2.59. The Morgan fingerprint density at radius 3 is 2.84 bits per heavy atom. The van der Waals surface area contributed by atoms with Crippen LogP contribution in [0.1, 0.15) is 43.5 Å². The second-order valence-electron chi connectivity index (χ2n) is 5.28. The van der Waals surface area contributed by atoms with Crippen molar-refractivity contribution in [2.75, 3.05) is 17.7 Å². The number of carbonyl (C=O) groups excluding carboxylic acids is 1. The van der Waals surface area contributed by atoms with Gasteiger partial charge in [0.1, 0.15) is 0 Å². The summed E-state index contributed by atoms with van der Waals surface area (Å²) in [6.45, 7) is 4.44. The van der Waals surface area contributed by atoms with Gasteiger partial charge < -0.3 is 15.8 Å². The fraction of sp³-hybridized carbons (Fsp3) is 0.533. The van der Waals surface area contributed by atoms with E-state index in [0.717, 1.165) is 11.6 Å². The number of anilines is 2. The highest BCUT2D eigenvalue weighted by Crippen LogP contribution is 2.29. The molecule has 0 aromatic heterocycles. The van der Waals surface area contributed by atoms with Gasteiger partial charge >= 0.3 is 5.97 Å². The van der Waals surface area contributed by atoms with E-state index in [0.29, 0.717) is 23.9 Å². The SMILES string of the molecule is CCOC(=O)c1ccc(NC2CCC(C)C2)c(N)c1. The molecule has 104 valence electrons. The molecule has 0 bridgehead atoms. The molecule has 2 rings (SSSR count). The van der Waals surface area contributed by atoms with Gasteiger partial charge in [-0.1, -0.05) is 6.92 Å². The van der Waals surface area contributed by atoms with Crippen LogP contribution in [0.3, 0.4) is 0 Å². The molecule has 1 aromatic carbocycles. The Bertz CT molecular complexity index is 459. The third-order valence-corrected chi connectivity index (χ3v) is 3.62. The maximum Gasteiger partial charge on any atom is 0.338 e. The summed E-state index contributed by atoms with van der Waals surface area (Å²) in [5.41, 5.74) is 8.01. The number of hydrogen-bond donors (Lipinski definition) is 2. The van der Waals surface area contributed by atoms with Crippen molar-refractivity contribution in [2.24, 2.45) is 5.92 Å². The topological polar surface area (TPSA) is 64.3 Å². The predicted octanol–water partition coefficient (Wildman–Crippen LogP) is 3.05. The molecule has 1 saturated carbocycles. The molecular formula is C15H22N2O2. The summed E-state index contributed by atoms with van der Waals surface area (Å²) < 4.78 is 4.96. The van der Waals surface area contributed by atoms with Crippen molar-refractivity contribution >= 4 is 17.3 Å². The Balaban J connectivity index is 2.04. The van der Waals surface area contributed by atoms with E-state index in [1.165, 1.54) is 19.3 Å². The number of nitrogens with two attached hydrogens (primary N) is 1. The molecular weight excluding hydrogens is 240 g/mol. The van der Waals surface area contributed by atoms with Crippen LogP contribution in [0.15, 0.2) is 18.2 Å². The lowest BCUT2D eigenvalue weighted by Gasteiger charge is -2.16. The van der Waals surface area contributed by atoms with Gasteiger partial charge in [0.2, 0.25) is 0 Å². The van der Waals surface area contributed by atoms with E-state index in [2.05, 4.69) is 12.2 Å². The van der Waals surface area contributed by atoms with E-state index in [-0.39, 0.29) is 5.97 Å². The molecule has 0 amide bonds. The standard InChI is InChI=1S/C15H22N2O2/c1-3-19-15(18)11-5-7-14(13(16)9-11)17-12-6-4-10(2)8-12/h5,7,9-10,12,17H,3-4,6,8,16H2,1-2H3. The molecule has 1 aliphatic rings. The lowest BCUT2D eigenvalue weighted by molar-refractivity contribution is 0.0526. The smallest absolute Gasteiger partial charge is 0.338 e. The van der Waals surface area contributed by atoms with Gasteiger partial charge in [-0.05, 0) is 50.3 Å². The third kappa shape index (κ3) is 3.40. The summed E-state index contributed by atoms with van der Waals surface area (Å²) in [7, 11) is 0. The quantitative estimate of drug-likeness (QED) is 0.646. The molecule has 0 radical (unpaired) electrons. The number of hydrogen-bond acceptors (Lipinski definition) is 4. The van der Waals surface area contributed by atoms with Gasteiger partial charge in [0, 0.05) is 6.04 Å². The molecule has 1 aliphatic carbocycles. The molecule has 3 N–H and O–H groups in total. The van der Waals surface area contributed by atoms with Crippen LogP contribution in [0.5, 0.6) is 0 Å². The molecule has 1 fully saturated rings. The molecule has 2 unspecified atom stereocenters. The highest BCUT2D eigenvalue weighted by atomic mass is 16.5. The van der Waals surface area contributed by atoms with Crippen molar-refractivity contribution < 1.29 is 9.53 Å². The minimum Gasteiger partial charge on any atom is -0.462 e. The van der Waals surface area contributed by atoms with E-state index >= 15 is 0 Å². The molecule has 0 spiro atoms. The second kappa shape index (κ2) is 5.95. The Morgan fingerprint density at radius 2 is 2.26 bits per heavy atom. The Morgan fingerprint density at radius 1 is 1.47 bits per heavy atom. The number of rotatable bonds is 4. The van der Waals surface area contributed by atoms with E-state index in [1.807, 2.05) is 6.07 Å². The van der Waals surface area contributed by atoms with Gasteiger partial charge in [-0.2, -0.15) is 0 Å². The van der Waals surface area contributed by atoms with Crippen LogP contribution in [0, 0.1) is 5.92 Å². The highest BCUT2D eigenvalue weighted by molar-refractivity contribution is 5.91. The van der Waals surface area contributed by atoms with Crippen molar-refractivity contribution in [3.63, 3.8) is 0 Å². The van der Waals surface area contributed by atoms with Crippen molar-refractivity contribution in [3.8, 4) is 0 Å². The molecule has 1 aromatic rings. The molecule has 2 atom stereocenters. The first-order valence-corrected chi connectivity index (χ1v) is 6.93. The van der Waals surface area contributed by atoms with Gasteiger partial charge in [-0.15, -0.1) is 0 Å². The molecule has 19 heavy (non-hydrogen) atoms. The van der Waals surface area contributed by atoms with E-state index in [1.54, 1.807) is 19.1 Å². The fourth-order valence-corrected chi connectivity index (χ4v) is 2.59. The minimum atomic E-state index is -0.324. The molecule has 4 nitrogen and oxygen atoms in total. The summed E-state index contributed by atoms with van der Waals surface area (Å²) in [6.07, 6.45) is 3.62. The zero-order chi connectivity index (χ0) is 13.8. The first-order chi connectivity index (χ1) is 9.10. The monoisotopic (exact) mass is 262 g/mol. The van der Waals surface area contributed by atoms with Crippen molar-refractivity contribution in [2.45, 2.75) is 39.2 Å². The normalized spacial score (nSPS) is 22.2. The third-order valence-electron chi connectivity index (χ3n) is 3.62. The highest BCUT2D eigenvalue weighted by Gasteiger charge is 2.21. The Labute approximate surface area is 114 Å². The van der Waals surface area contributed by atoms with Gasteiger partial charge in [-0.3, -0.25) is 0 Å². The first kappa shape index (κ1) is 13.7. The maximum absolute atomic E-state index is 11.6. The largest absolute Gasteiger partial charge is 0.462 e. The van der Waals surface area contributed by atoms with Crippen LogP contribution in [0.25, 0.3) is 0 Å². The van der Waals surface area contributed by atoms with Crippen molar-refractivity contribution in [1.82, 2.24) is 0 Å². The van der Waals surface area contributed by atoms with Gasteiger partial charge in [0.05, 0.1) is 23.5 Å². The molecule has 0 aliphatic heterocycles. The van der Waals surface area contributed by atoms with Crippen LogP contribution < -0.4 is 11.1 Å². The van der Waals surface area contributed by atoms with E-state index in [4.69, 9.17) is 10.5 Å². The number of nitrogens with one attached hydrogen (secondary N) is 1. The minimum absolute atomic E-state index is 0.324. The number of nitrogen functional groups attached to an aromatic ring is 1. The number of benzene rings is 1. The summed E-state index contributed by atoms with van der Waals surface area (Å²) in [5, 5.41) is 3.46. The molecule has 0 saturated heterocycles. The predicted molar refractivity (Wildman–Crippen MR) is 77.2 cm³/mol. The summed E-state index contributed by atoms with van der Waals surface area (Å²) in [4.78, 5) is 11.6. The van der Waals surface area contributed by atoms with Crippen molar-refractivity contribution in [1.29, 1.82) is 0 Å². The summed E-state index contributed by atoms with van der Waals surface area (Å²) in [5.74, 6) is 0.452. The summed E-state index contributed by atoms with van der Waals surface area (Å²) in [6, 6.07) is 5.80. The first-order valence-electron chi connectivity index (χ1n) is 6.93. The van der Waals surface area contributed by atoms with E-state index < -0.39 is 0 Å². The van der Waals surface area contributed by atoms with Gasteiger partial charge in [0.15, 0.2) is 0 Å². The van der Waals surface area contributed by atoms with E-state index in [9.17, 15) is 4.79 Å². The van der Waals surface area contributed by atoms with Crippen LogP contribution >= 0.6 is 0 Å². The van der Waals surface area contributed by atoms with Gasteiger partial charge in [0.25, 0.3) is 0 Å². The molecule has 4 heteroatoms. The maximum atomic E-state index is 11.6. The Kier molecular flexibility index (Phi) is 4.30. The lowest BCUT2D eigenvalue weighted by atomic mass is 10.1. The zero-order valence-electron chi connectivity index (χ0n) is 11.6. The molecule has 0 heterocycles. The van der Waals surface area contributed by atoms with Crippen LogP contribution in [0.4, 0.5) is 11.4 Å². The number of esters is 1.